The number of halogens is 4. The van der Waals surface area contributed by atoms with Crippen molar-refractivity contribution in [2.45, 2.75) is 26.2 Å². The Morgan fingerprint density at radius 1 is 1.30 bits per heavy atom. The molecule has 0 amide bonds. The van der Waals surface area contributed by atoms with Gasteiger partial charge in [0.15, 0.2) is 11.8 Å². The van der Waals surface area contributed by atoms with Gasteiger partial charge < -0.3 is 15.2 Å². The first kappa shape index (κ1) is 20.4. The first-order chi connectivity index (χ1) is 12.7. The molecular formula is C17H20F4N6. The van der Waals surface area contributed by atoms with Gasteiger partial charge >= 0.3 is 6.18 Å². The molecule has 0 fully saturated rings. The topological polar surface area (TPSA) is 67.1 Å². The molecule has 2 aromatic rings. The standard InChI is InChI=1S/C17H20F4N6/c1-4-7-22-16(24-10-15-26-25-11(2)27(15)3)23-9-12-5-6-13(18)8-14(12)17(19,20)21/h4-6,8H,1,7,9-10H2,2-3H3,(H2,22,23,24). The Bertz CT molecular complexity index is 825. The number of aliphatic imine (C=N–C) groups is 1. The first-order valence-electron chi connectivity index (χ1n) is 8.06. The van der Waals surface area contributed by atoms with Crippen LogP contribution in [0.4, 0.5) is 17.6 Å². The lowest BCUT2D eigenvalue weighted by molar-refractivity contribution is -0.138. The van der Waals surface area contributed by atoms with Crippen LogP contribution in [-0.4, -0.2) is 27.3 Å². The zero-order chi connectivity index (χ0) is 20.0. The minimum atomic E-state index is -4.66. The van der Waals surface area contributed by atoms with Crippen molar-refractivity contribution < 1.29 is 17.6 Å². The van der Waals surface area contributed by atoms with Gasteiger partial charge in [0.2, 0.25) is 0 Å². The molecule has 146 valence electrons. The Morgan fingerprint density at radius 3 is 2.63 bits per heavy atom. The Kier molecular flexibility index (Phi) is 6.54. The maximum Gasteiger partial charge on any atom is 0.416 e. The summed E-state index contributed by atoms with van der Waals surface area (Å²) >= 11 is 0. The lowest BCUT2D eigenvalue weighted by Crippen LogP contribution is -2.37. The van der Waals surface area contributed by atoms with Crippen LogP contribution in [0.25, 0.3) is 0 Å². The van der Waals surface area contributed by atoms with Gasteiger partial charge in [-0.15, -0.1) is 16.8 Å². The van der Waals surface area contributed by atoms with Crippen LogP contribution in [0.5, 0.6) is 0 Å². The monoisotopic (exact) mass is 384 g/mol. The molecule has 1 heterocycles. The van der Waals surface area contributed by atoms with Gasteiger partial charge in [-0.1, -0.05) is 12.1 Å². The fourth-order valence-electron chi connectivity index (χ4n) is 2.23. The van der Waals surface area contributed by atoms with E-state index >= 15 is 0 Å². The third kappa shape index (κ3) is 5.53. The summed E-state index contributed by atoms with van der Waals surface area (Å²) in [7, 11) is 1.80. The van der Waals surface area contributed by atoms with Gasteiger partial charge in [0.25, 0.3) is 0 Å². The van der Waals surface area contributed by atoms with Crippen LogP contribution in [0.15, 0.2) is 35.8 Å². The Hall–Kier alpha value is -2.91. The number of hydrogen-bond donors (Lipinski definition) is 2. The third-order valence-corrected chi connectivity index (χ3v) is 3.80. The van der Waals surface area contributed by atoms with Crippen LogP contribution < -0.4 is 10.6 Å². The van der Waals surface area contributed by atoms with Crippen molar-refractivity contribution in [3.8, 4) is 0 Å². The summed E-state index contributed by atoms with van der Waals surface area (Å²) in [4.78, 5) is 4.15. The molecule has 0 spiro atoms. The van der Waals surface area contributed by atoms with E-state index in [4.69, 9.17) is 0 Å². The van der Waals surface area contributed by atoms with Crippen LogP contribution in [0, 0.1) is 12.7 Å². The van der Waals surface area contributed by atoms with Crippen molar-refractivity contribution in [2.75, 3.05) is 6.54 Å². The summed E-state index contributed by atoms with van der Waals surface area (Å²) in [5, 5.41) is 13.8. The number of benzene rings is 1. The van der Waals surface area contributed by atoms with Crippen molar-refractivity contribution in [1.82, 2.24) is 25.4 Å². The largest absolute Gasteiger partial charge is 0.416 e. The van der Waals surface area contributed by atoms with Crippen molar-refractivity contribution in [3.63, 3.8) is 0 Å². The number of rotatable bonds is 6. The van der Waals surface area contributed by atoms with Gasteiger partial charge in [0.05, 0.1) is 18.7 Å². The SMILES string of the molecule is C=CCNC(=NCc1ccc(F)cc1C(F)(F)F)NCc1nnc(C)n1C. The smallest absolute Gasteiger partial charge is 0.353 e. The zero-order valence-corrected chi connectivity index (χ0v) is 14.9. The van der Waals surface area contributed by atoms with Gasteiger partial charge in [0, 0.05) is 13.6 Å². The number of hydrogen-bond acceptors (Lipinski definition) is 3. The van der Waals surface area contributed by atoms with Crippen molar-refractivity contribution >= 4 is 5.96 Å². The van der Waals surface area contributed by atoms with E-state index in [2.05, 4.69) is 32.4 Å². The van der Waals surface area contributed by atoms with Crippen LogP contribution in [-0.2, 0) is 26.3 Å². The minimum Gasteiger partial charge on any atom is -0.353 e. The first-order valence-corrected chi connectivity index (χ1v) is 8.06. The van der Waals surface area contributed by atoms with Gasteiger partial charge in [-0.3, -0.25) is 0 Å². The second-order valence-corrected chi connectivity index (χ2v) is 5.71. The van der Waals surface area contributed by atoms with Crippen LogP contribution >= 0.6 is 0 Å². The van der Waals surface area contributed by atoms with Crippen LogP contribution in [0.1, 0.15) is 22.8 Å². The molecule has 0 saturated carbocycles. The van der Waals surface area contributed by atoms with Crippen molar-refractivity contribution in [2.24, 2.45) is 12.0 Å². The molecule has 0 bridgehead atoms. The van der Waals surface area contributed by atoms with E-state index in [0.717, 1.165) is 18.0 Å². The van der Waals surface area contributed by atoms with Gasteiger partial charge in [-0.25, -0.2) is 9.38 Å². The highest BCUT2D eigenvalue weighted by molar-refractivity contribution is 5.79. The predicted octanol–water partition coefficient (Wildman–Crippen LogP) is 2.70. The number of nitrogens with zero attached hydrogens (tertiary/aromatic N) is 4. The van der Waals surface area contributed by atoms with E-state index in [-0.39, 0.29) is 24.6 Å². The molecule has 0 unspecified atom stereocenters. The molecule has 6 nitrogen and oxygen atoms in total. The van der Waals surface area contributed by atoms with E-state index in [1.807, 2.05) is 0 Å². The molecule has 0 aliphatic carbocycles. The van der Waals surface area contributed by atoms with E-state index in [0.29, 0.717) is 18.4 Å². The molecule has 1 aromatic carbocycles. The number of nitrogens with one attached hydrogen (secondary N) is 2. The molecule has 0 aliphatic rings. The molecule has 2 N–H and O–H groups in total. The number of aromatic nitrogens is 3. The number of aryl methyl sites for hydroxylation is 1. The Labute approximate surface area is 154 Å². The van der Waals surface area contributed by atoms with E-state index in [1.54, 1.807) is 24.6 Å². The molecule has 0 saturated heterocycles. The van der Waals surface area contributed by atoms with Gasteiger partial charge in [0.1, 0.15) is 11.6 Å². The summed E-state index contributed by atoms with van der Waals surface area (Å²) in [6.07, 6.45) is -3.08. The van der Waals surface area contributed by atoms with E-state index < -0.39 is 17.6 Å². The number of guanidine groups is 1. The maximum atomic E-state index is 13.2. The normalized spacial score (nSPS) is 12.1. The van der Waals surface area contributed by atoms with Crippen molar-refractivity contribution in [3.05, 3.63) is 59.4 Å². The van der Waals surface area contributed by atoms with Crippen LogP contribution in [0.2, 0.25) is 0 Å². The summed E-state index contributed by atoms with van der Waals surface area (Å²) in [6.45, 7) is 5.74. The fourth-order valence-corrected chi connectivity index (χ4v) is 2.23. The number of alkyl halides is 3. The van der Waals surface area contributed by atoms with E-state index in [9.17, 15) is 17.6 Å². The second-order valence-electron chi connectivity index (χ2n) is 5.71. The second kappa shape index (κ2) is 8.65. The van der Waals surface area contributed by atoms with Crippen LogP contribution in [0.3, 0.4) is 0 Å². The van der Waals surface area contributed by atoms with Crippen molar-refractivity contribution in [1.29, 1.82) is 0 Å². The lowest BCUT2D eigenvalue weighted by Gasteiger charge is -2.14. The van der Waals surface area contributed by atoms with E-state index in [1.165, 1.54) is 0 Å². The quantitative estimate of drug-likeness (QED) is 0.348. The average molecular weight is 384 g/mol. The maximum absolute atomic E-state index is 13.2. The van der Waals surface area contributed by atoms with Gasteiger partial charge in [-0.05, 0) is 24.6 Å². The Morgan fingerprint density at radius 2 is 2.04 bits per heavy atom. The van der Waals surface area contributed by atoms with Gasteiger partial charge in [-0.2, -0.15) is 13.2 Å². The summed E-state index contributed by atoms with van der Waals surface area (Å²) in [6, 6.07) is 2.53. The lowest BCUT2D eigenvalue weighted by atomic mass is 10.1. The molecule has 2 rings (SSSR count). The highest BCUT2D eigenvalue weighted by Gasteiger charge is 2.33. The molecule has 10 heteroatoms. The minimum absolute atomic E-state index is 0.127. The highest BCUT2D eigenvalue weighted by Crippen LogP contribution is 2.32. The summed E-state index contributed by atoms with van der Waals surface area (Å²) in [5.74, 6) is 0.688. The molecule has 0 radical (unpaired) electrons. The molecule has 0 atom stereocenters. The molecule has 0 aliphatic heterocycles. The third-order valence-electron chi connectivity index (χ3n) is 3.80. The zero-order valence-electron chi connectivity index (χ0n) is 14.9. The summed E-state index contributed by atoms with van der Waals surface area (Å²) in [5.41, 5.74) is -1.17. The average Bonchev–Trinajstić information content (AvgIpc) is 2.93. The highest BCUT2D eigenvalue weighted by atomic mass is 19.4. The fraction of sp³-hybridized carbons (Fsp3) is 0.353. The predicted molar refractivity (Wildman–Crippen MR) is 93.3 cm³/mol. The summed E-state index contributed by atoms with van der Waals surface area (Å²) < 4.78 is 54.3. The molecule has 27 heavy (non-hydrogen) atoms. The Balaban J connectivity index is 2.18. The molecule has 1 aromatic heterocycles. The molecular weight excluding hydrogens is 364 g/mol.